The molecule has 4 unspecified atom stereocenters. The number of pyridine rings is 1. The molecule has 1 fully saturated rings. The van der Waals surface area contributed by atoms with Crippen molar-refractivity contribution in [1.29, 1.82) is 0 Å². The number of unbranched alkanes of at least 4 members (excludes halogenated alkanes) is 2. The Morgan fingerprint density at radius 2 is 1.88 bits per heavy atom. The van der Waals surface area contributed by atoms with E-state index in [0.717, 1.165) is 24.8 Å². The number of aryl methyl sites for hydroxylation is 1. The van der Waals surface area contributed by atoms with Crippen LogP contribution in [0.25, 0.3) is 0 Å². The van der Waals surface area contributed by atoms with Gasteiger partial charge in [0.2, 0.25) is 6.79 Å². The first kappa shape index (κ1) is 32.8. The maximum atomic E-state index is 13.3. The monoisotopic (exact) mass is 586 g/mol. The number of benzene rings is 1. The fourth-order valence-corrected chi connectivity index (χ4v) is 4.65. The molecule has 11 nitrogen and oxygen atoms in total. The standard InChI is InChI=1S/C31H42N2O9/c1-6-7-8-15-39-28-21(3)42-31(36)25(18-38-17-24(28)16-23-11-9-20(2)10-12-23)33-30(35)27-29(41-19-40-22(4)34)26(37-5)13-14-32-27/h9-14,21,24-25,28H,6-8,15-19H2,1-5H3,(H,33,35). The van der Waals surface area contributed by atoms with Crippen molar-refractivity contribution < 1.29 is 42.8 Å². The van der Waals surface area contributed by atoms with E-state index in [1.165, 1.54) is 31.9 Å². The second kappa shape index (κ2) is 16.7. The molecule has 0 radical (unpaired) electrons. The van der Waals surface area contributed by atoms with Gasteiger partial charge in [-0.25, -0.2) is 9.78 Å². The lowest BCUT2D eigenvalue weighted by molar-refractivity contribution is -0.160. The second-order valence-corrected chi connectivity index (χ2v) is 10.3. The highest BCUT2D eigenvalue weighted by molar-refractivity contribution is 5.98. The zero-order valence-electron chi connectivity index (χ0n) is 25.1. The van der Waals surface area contributed by atoms with E-state index in [-0.39, 0.29) is 29.7 Å². The Morgan fingerprint density at radius 1 is 1.12 bits per heavy atom. The van der Waals surface area contributed by atoms with Crippen molar-refractivity contribution in [3.63, 3.8) is 0 Å². The van der Waals surface area contributed by atoms with Crippen LogP contribution >= 0.6 is 0 Å². The number of amides is 1. The van der Waals surface area contributed by atoms with Gasteiger partial charge in [-0.05, 0) is 32.3 Å². The Balaban J connectivity index is 1.78. The van der Waals surface area contributed by atoms with Crippen LogP contribution in [0, 0.1) is 12.8 Å². The summed E-state index contributed by atoms with van der Waals surface area (Å²) in [5.41, 5.74) is 2.14. The van der Waals surface area contributed by atoms with Crippen LogP contribution in [0.2, 0.25) is 0 Å². The topological polar surface area (TPSA) is 132 Å². The molecule has 230 valence electrons. The number of methoxy groups -OCH3 is 1. The molecule has 1 amide bonds. The van der Waals surface area contributed by atoms with E-state index < -0.39 is 42.9 Å². The molecule has 4 atom stereocenters. The predicted molar refractivity (Wildman–Crippen MR) is 153 cm³/mol. The Labute approximate surface area is 247 Å². The largest absolute Gasteiger partial charge is 0.493 e. The van der Waals surface area contributed by atoms with E-state index in [9.17, 15) is 14.4 Å². The van der Waals surface area contributed by atoms with Crippen LogP contribution in [0.15, 0.2) is 36.5 Å². The van der Waals surface area contributed by atoms with Crippen molar-refractivity contribution in [2.45, 2.75) is 71.6 Å². The first-order valence-corrected chi connectivity index (χ1v) is 14.3. The fourth-order valence-electron chi connectivity index (χ4n) is 4.65. The van der Waals surface area contributed by atoms with Crippen molar-refractivity contribution in [3.8, 4) is 11.5 Å². The molecule has 0 bridgehead atoms. The molecule has 1 aliphatic heterocycles. The Morgan fingerprint density at radius 3 is 2.57 bits per heavy atom. The van der Waals surface area contributed by atoms with E-state index in [1.807, 2.05) is 6.92 Å². The molecule has 0 saturated carbocycles. The number of esters is 2. The maximum Gasteiger partial charge on any atom is 0.331 e. The summed E-state index contributed by atoms with van der Waals surface area (Å²) in [5, 5.41) is 2.65. The number of nitrogens with zero attached hydrogens (tertiary/aromatic N) is 1. The zero-order chi connectivity index (χ0) is 30.5. The lowest BCUT2D eigenvalue weighted by Gasteiger charge is -2.31. The third-order valence-electron chi connectivity index (χ3n) is 6.88. The molecule has 0 aliphatic carbocycles. The lowest BCUT2D eigenvalue weighted by Crippen LogP contribution is -2.46. The van der Waals surface area contributed by atoms with Gasteiger partial charge in [-0.2, -0.15) is 0 Å². The van der Waals surface area contributed by atoms with E-state index in [1.54, 1.807) is 6.92 Å². The maximum absolute atomic E-state index is 13.3. The number of carbonyl (C=O) groups excluding carboxylic acids is 3. The number of hydrogen-bond acceptors (Lipinski definition) is 10. The van der Waals surface area contributed by atoms with Crippen molar-refractivity contribution in [2.24, 2.45) is 5.92 Å². The van der Waals surface area contributed by atoms with Gasteiger partial charge in [0.05, 0.1) is 26.4 Å². The van der Waals surface area contributed by atoms with Gasteiger partial charge in [0.15, 0.2) is 23.2 Å². The average molecular weight is 587 g/mol. The van der Waals surface area contributed by atoms with Gasteiger partial charge < -0.3 is 33.7 Å². The summed E-state index contributed by atoms with van der Waals surface area (Å²) < 4.78 is 33.8. The van der Waals surface area contributed by atoms with Gasteiger partial charge in [0, 0.05) is 31.7 Å². The number of hydrogen-bond donors (Lipinski definition) is 1. The Kier molecular flexibility index (Phi) is 13.0. The first-order valence-electron chi connectivity index (χ1n) is 14.3. The van der Waals surface area contributed by atoms with Crippen molar-refractivity contribution >= 4 is 17.8 Å². The van der Waals surface area contributed by atoms with E-state index >= 15 is 0 Å². The van der Waals surface area contributed by atoms with Gasteiger partial charge in [0.25, 0.3) is 5.91 Å². The normalized spacial score (nSPS) is 20.8. The van der Waals surface area contributed by atoms with Crippen molar-refractivity contribution in [1.82, 2.24) is 10.3 Å². The van der Waals surface area contributed by atoms with Gasteiger partial charge in [-0.1, -0.05) is 49.6 Å². The third kappa shape index (κ3) is 9.70. The van der Waals surface area contributed by atoms with Crippen LogP contribution in [0.3, 0.4) is 0 Å². The smallest absolute Gasteiger partial charge is 0.331 e. The molecule has 1 aliphatic rings. The first-order chi connectivity index (χ1) is 20.2. The highest BCUT2D eigenvalue weighted by Gasteiger charge is 2.36. The van der Waals surface area contributed by atoms with Gasteiger partial charge in [0.1, 0.15) is 6.10 Å². The molecule has 11 heteroatoms. The molecule has 1 saturated heterocycles. The van der Waals surface area contributed by atoms with Crippen molar-refractivity contribution in [2.75, 3.05) is 33.7 Å². The molecule has 1 N–H and O–H groups in total. The second-order valence-electron chi connectivity index (χ2n) is 10.3. The number of ether oxygens (including phenoxy) is 6. The van der Waals surface area contributed by atoms with Crippen LogP contribution in [0.1, 0.15) is 61.6 Å². The summed E-state index contributed by atoms with van der Waals surface area (Å²) in [6.07, 6.45) is 4.06. The van der Waals surface area contributed by atoms with Gasteiger partial charge >= 0.3 is 11.9 Å². The quantitative estimate of drug-likeness (QED) is 0.210. The summed E-state index contributed by atoms with van der Waals surface area (Å²) in [7, 11) is 1.40. The summed E-state index contributed by atoms with van der Waals surface area (Å²) in [6.45, 7) is 7.48. The minimum absolute atomic E-state index is 0.0387. The Hall–Kier alpha value is -3.70. The summed E-state index contributed by atoms with van der Waals surface area (Å²) in [4.78, 5) is 41.8. The highest BCUT2D eigenvalue weighted by atomic mass is 16.7. The molecular formula is C31H42N2O9. The molecule has 2 aromatic rings. The lowest BCUT2D eigenvalue weighted by atomic mass is 9.91. The van der Waals surface area contributed by atoms with Gasteiger partial charge in [-0.15, -0.1) is 0 Å². The van der Waals surface area contributed by atoms with E-state index in [2.05, 4.69) is 41.5 Å². The van der Waals surface area contributed by atoms with Crippen LogP contribution in [0.4, 0.5) is 0 Å². The van der Waals surface area contributed by atoms with Gasteiger partial charge in [-0.3, -0.25) is 9.59 Å². The highest BCUT2D eigenvalue weighted by Crippen LogP contribution is 2.30. The number of rotatable bonds is 13. The molecule has 42 heavy (non-hydrogen) atoms. The van der Waals surface area contributed by atoms with E-state index in [4.69, 9.17) is 28.4 Å². The predicted octanol–water partition coefficient (Wildman–Crippen LogP) is 3.79. The summed E-state index contributed by atoms with van der Waals surface area (Å²) in [6, 6.07) is 8.67. The molecule has 1 aromatic heterocycles. The fraction of sp³-hybridized carbons (Fsp3) is 0.548. The number of cyclic esters (lactones) is 1. The summed E-state index contributed by atoms with van der Waals surface area (Å²) >= 11 is 0. The van der Waals surface area contributed by atoms with Crippen LogP contribution in [-0.4, -0.2) is 74.8 Å². The average Bonchev–Trinajstić information content (AvgIpc) is 3.01. The Bertz CT molecular complexity index is 1170. The molecule has 2 heterocycles. The molecular weight excluding hydrogens is 544 g/mol. The minimum atomic E-state index is -1.12. The number of nitrogens with one attached hydrogen (secondary N) is 1. The SMILES string of the molecule is CCCCCOC1C(Cc2ccc(C)cc2)COCC(NC(=O)c2nccc(OC)c2OCOC(C)=O)C(=O)OC1C. The minimum Gasteiger partial charge on any atom is -0.493 e. The summed E-state index contributed by atoms with van der Waals surface area (Å²) in [5.74, 6) is -1.86. The molecule has 1 aromatic carbocycles. The molecule has 0 spiro atoms. The van der Waals surface area contributed by atoms with Crippen LogP contribution in [-0.2, 0) is 35.0 Å². The zero-order valence-corrected chi connectivity index (χ0v) is 25.1. The number of carbonyl (C=O) groups is 3. The van der Waals surface area contributed by atoms with Crippen LogP contribution < -0.4 is 14.8 Å². The number of aromatic nitrogens is 1. The van der Waals surface area contributed by atoms with E-state index in [0.29, 0.717) is 19.6 Å². The van der Waals surface area contributed by atoms with Crippen molar-refractivity contribution in [3.05, 3.63) is 53.3 Å². The van der Waals surface area contributed by atoms with Crippen LogP contribution in [0.5, 0.6) is 11.5 Å². The molecule has 3 rings (SSSR count). The third-order valence-corrected chi connectivity index (χ3v) is 6.88.